The van der Waals surface area contributed by atoms with Gasteiger partial charge < -0.3 is 10.8 Å². The Morgan fingerprint density at radius 3 is 2.92 bits per heavy atom. The van der Waals surface area contributed by atoms with Crippen LogP contribution in [0, 0.1) is 6.92 Å². The molecule has 0 spiro atoms. The zero-order valence-corrected chi connectivity index (χ0v) is 6.43. The molecule has 0 aromatic carbocycles. The van der Waals surface area contributed by atoms with Crippen molar-refractivity contribution in [3.8, 4) is 0 Å². The molecule has 1 unspecified atom stereocenters. The first kappa shape index (κ1) is 8.54. The summed E-state index contributed by atoms with van der Waals surface area (Å²) >= 11 is 0. The second-order valence-electron chi connectivity index (χ2n) is 2.25. The van der Waals surface area contributed by atoms with E-state index in [1.165, 1.54) is 6.33 Å². The molecule has 1 aromatic heterocycles. The van der Waals surface area contributed by atoms with Crippen molar-refractivity contribution in [2.45, 2.75) is 13.0 Å². The Labute approximate surface area is 68.4 Å². The molecule has 12 heavy (non-hydrogen) atoms. The van der Waals surface area contributed by atoms with E-state index in [-0.39, 0.29) is 5.69 Å². The molecule has 6 nitrogen and oxygen atoms in total. The van der Waals surface area contributed by atoms with Crippen LogP contribution < -0.4 is 5.73 Å². The molecule has 1 rings (SSSR count). The van der Waals surface area contributed by atoms with Crippen molar-refractivity contribution in [3.63, 3.8) is 0 Å². The lowest BCUT2D eigenvalue weighted by Gasteiger charge is -2.05. The lowest BCUT2D eigenvalue weighted by atomic mass is 10.2. The van der Waals surface area contributed by atoms with Crippen LogP contribution in [0.1, 0.15) is 17.4 Å². The number of carbonyl (C=O) groups is 1. The van der Waals surface area contributed by atoms with E-state index < -0.39 is 12.0 Å². The highest BCUT2D eigenvalue weighted by atomic mass is 16.4. The van der Waals surface area contributed by atoms with Crippen LogP contribution in [0.25, 0.3) is 0 Å². The average molecular weight is 168 g/mol. The van der Waals surface area contributed by atoms with E-state index in [0.717, 1.165) is 0 Å². The molecule has 0 amide bonds. The molecule has 0 bridgehead atoms. The van der Waals surface area contributed by atoms with E-state index in [9.17, 15) is 4.79 Å². The fourth-order valence-corrected chi connectivity index (χ4v) is 0.743. The Bertz CT molecular complexity index is 301. The topological polar surface area (TPSA) is 102 Å². The highest BCUT2D eigenvalue weighted by molar-refractivity contribution is 5.74. The Balaban J connectivity index is 3.02. The first-order chi connectivity index (χ1) is 5.63. The summed E-state index contributed by atoms with van der Waals surface area (Å²) in [7, 11) is 0. The molecule has 0 aliphatic carbocycles. The van der Waals surface area contributed by atoms with Crippen LogP contribution in [0.2, 0.25) is 0 Å². The number of nitrogens with two attached hydrogens (primary N) is 1. The molecule has 0 aliphatic heterocycles. The first-order valence-electron chi connectivity index (χ1n) is 3.25. The normalized spacial score (nSPS) is 12.5. The fraction of sp³-hybridized carbons (Fsp3) is 0.333. The van der Waals surface area contributed by atoms with E-state index in [1.807, 2.05) is 0 Å². The third-order valence-electron chi connectivity index (χ3n) is 1.40. The van der Waals surface area contributed by atoms with Gasteiger partial charge in [0.2, 0.25) is 0 Å². The molecule has 0 saturated heterocycles. The molecular weight excluding hydrogens is 160 g/mol. The Morgan fingerprint density at radius 2 is 2.42 bits per heavy atom. The van der Waals surface area contributed by atoms with Crippen LogP contribution in [0.3, 0.4) is 0 Å². The van der Waals surface area contributed by atoms with E-state index in [4.69, 9.17) is 10.8 Å². The third-order valence-corrected chi connectivity index (χ3v) is 1.40. The fourth-order valence-electron chi connectivity index (χ4n) is 0.743. The second kappa shape index (κ2) is 3.22. The average Bonchev–Trinajstić information content (AvgIpc) is 2.04. The van der Waals surface area contributed by atoms with Gasteiger partial charge in [-0.25, -0.2) is 4.98 Å². The highest BCUT2D eigenvalue weighted by Gasteiger charge is 2.18. The summed E-state index contributed by atoms with van der Waals surface area (Å²) in [6, 6.07) is -1.15. The first-order valence-corrected chi connectivity index (χ1v) is 3.25. The molecule has 0 aliphatic rings. The number of rotatable bonds is 2. The van der Waals surface area contributed by atoms with Crippen LogP contribution in [0.15, 0.2) is 6.33 Å². The van der Waals surface area contributed by atoms with Crippen LogP contribution in [0.4, 0.5) is 0 Å². The number of carboxylic acids is 1. The number of hydrogen-bond acceptors (Lipinski definition) is 5. The summed E-state index contributed by atoms with van der Waals surface area (Å²) < 4.78 is 0. The minimum atomic E-state index is -1.15. The molecule has 1 atom stereocenters. The molecule has 1 aromatic rings. The van der Waals surface area contributed by atoms with Gasteiger partial charge >= 0.3 is 5.97 Å². The smallest absolute Gasteiger partial charge is 0.326 e. The van der Waals surface area contributed by atoms with Gasteiger partial charge in [-0.05, 0) is 6.92 Å². The van der Waals surface area contributed by atoms with Gasteiger partial charge in [0.25, 0.3) is 0 Å². The standard InChI is InChI=1S/C6H8N4O2/c1-3-5(4(7)6(11)12)10-9-2-8-3/h2,4H,7H2,1H3,(H,11,12). The maximum atomic E-state index is 10.4. The van der Waals surface area contributed by atoms with E-state index in [1.54, 1.807) is 6.92 Å². The maximum Gasteiger partial charge on any atom is 0.326 e. The predicted molar refractivity (Wildman–Crippen MR) is 39.1 cm³/mol. The van der Waals surface area contributed by atoms with Gasteiger partial charge in [0.15, 0.2) is 0 Å². The number of aliphatic carboxylic acids is 1. The van der Waals surface area contributed by atoms with Gasteiger partial charge in [-0.1, -0.05) is 0 Å². The third kappa shape index (κ3) is 1.54. The summed E-state index contributed by atoms with van der Waals surface area (Å²) in [5, 5.41) is 15.6. The second-order valence-corrected chi connectivity index (χ2v) is 2.25. The van der Waals surface area contributed by atoms with Crippen LogP contribution in [0.5, 0.6) is 0 Å². The van der Waals surface area contributed by atoms with Crippen molar-refractivity contribution < 1.29 is 9.90 Å². The van der Waals surface area contributed by atoms with Gasteiger partial charge in [0.05, 0.1) is 5.69 Å². The van der Waals surface area contributed by atoms with E-state index in [2.05, 4.69) is 15.2 Å². The SMILES string of the molecule is Cc1ncnnc1C(N)C(=O)O. The monoisotopic (exact) mass is 168 g/mol. The van der Waals surface area contributed by atoms with Crippen molar-refractivity contribution in [1.82, 2.24) is 15.2 Å². The molecule has 64 valence electrons. The van der Waals surface area contributed by atoms with Crippen LogP contribution >= 0.6 is 0 Å². The molecule has 0 radical (unpaired) electrons. The molecule has 1 heterocycles. The Kier molecular flexibility index (Phi) is 2.29. The largest absolute Gasteiger partial charge is 0.480 e. The summed E-state index contributed by atoms with van der Waals surface area (Å²) in [5.41, 5.74) is 5.98. The van der Waals surface area contributed by atoms with Crippen LogP contribution in [-0.2, 0) is 4.79 Å². The van der Waals surface area contributed by atoms with E-state index in [0.29, 0.717) is 5.69 Å². The molecular formula is C6H8N4O2. The molecule has 3 N–H and O–H groups in total. The highest BCUT2D eigenvalue weighted by Crippen LogP contribution is 2.07. The number of carboxylic acid groups (broad SMARTS) is 1. The molecule has 6 heteroatoms. The van der Waals surface area contributed by atoms with Gasteiger partial charge in [-0.15, -0.1) is 10.2 Å². The minimum absolute atomic E-state index is 0.199. The van der Waals surface area contributed by atoms with Crippen molar-refractivity contribution in [2.75, 3.05) is 0 Å². The minimum Gasteiger partial charge on any atom is -0.480 e. The summed E-state index contributed by atoms with van der Waals surface area (Å²) in [6.45, 7) is 1.63. The van der Waals surface area contributed by atoms with Gasteiger partial charge in [0, 0.05) is 0 Å². The lowest BCUT2D eigenvalue weighted by Crippen LogP contribution is -2.23. The maximum absolute atomic E-state index is 10.4. The zero-order valence-electron chi connectivity index (χ0n) is 6.43. The van der Waals surface area contributed by atoms with Gasteiger partial charge in [-0.2, -0.15) is 0 Å². The summed E-state index contributed by atoms with van der Waals surface area (Å²) in [6.07, 6.45) is 1.24. The van der Waals surface area contributed by atoms with Crippen molar-refractivity contribution in [3.05, 3.63) is 17.7 Å². The number of nitrogens with zero attached hydrogens (tertiary/aromatic N) is 3. The number of hydrogen-bond donors (Lipinski definition) is 2. The van der Waals surface area contributed by atoms with Crippen molar-refractivity contribution >= 4 is 5.97 Å². The Hall–Kier alpha value is -1.56. The molecule has 0 saturated carbocycles. The van der Waals surface area contributed by atoms with Crippen molar-refractivity contribution in [2.24, 2.45) is 5.73 Å². The van der Waals surface area contributed by atoms with Crippen molar-refractivity contribution in [1.29, 1.82) is 0 Å². The lowest BCUT2D eigenvalue weighted by molar-refractivity contribution is -0.138. The van der Waals surface area contributed by atoms with Gasteiger partial charge in [-0.3, -0.25) is 4.79 Å². The van der Waals surface area contributed by atoms with E-state index >= 15 is 0 Å². The zero-order chi connectivity index (χ0) is 9.14. The summed E-state index contributed by atoms with van der Waals surface area (Å²) in [5.74, 6) is -1.14. The Morgan fingerprint density at radius 1 is 1.75 bits per heavy atom. The van der Waals surface area contributed by atoms with Gasteiger partial charge in [0.1, 0.15) is 18.1 Å². The predicted octanol–water partition coefficient (Wildman–Crippen LogP) is -0.736. The summed E-state index contributed by atoms with van der Waals surface area (Å²) in [4.78, 5) is 14.2. The number of aryl methyl sites for hydroxylation is 1. The van der Waals surface area contributed by atoms with Crippen LogP contribution in [-0.4, -0.2) is 26.3 Å². The quantitative estimate of drug-likeness (QED) is 0.603. The molecule has 0 fully saturated rings. The number of aromatic nitrogens is 3.